The molecule has 1 N–H and O–H groups in total. The second kappa shape index (κ2) is 6.33. The fourth-order valence-electron chi connectivity index (χ4n) is 1.93. The van der Waals surface area contributed by atoms with E-state index >= 15 is 0 Å². The number of morpholine rings is 1. The Bertz CT molecular complexity index is 245. The Kier molecular flexibility index (Phi) is 5.36. The third-order valence-corrected chi connectivity index (χ3v) is 2.78. The van der Waals surface area contributed by atoms with E-state index in [4.69, 9.17) is 4.74 Å². The molecule has 1 aliphatic rings. The smallest absolute Gasteiger partial charge is 0.236 e. The quantitative estimate of drug-likeness (QED) is 0.736. The molecule has 1 rings (SSSR count). The van der Waals surface area contributed by atoms with Gasteiger partial charge >= 0.3 is 0 Å². The van der Waals surface area contributed by atoms with Crippen molar-refractivity contribution in [3.05, 3.63) is 0 Å². The molecule has 100 valence electrons. The van der Waals surface area contributed by atoms with E-state index in [0.717, 1.165) is 6.54 Å². The fourth-order valence-corrected chi connectivity index (χ4v) is 1.93. The number of ether oxygens (including phenoxy) is 1. The first-order valence-corrected chi connectivity index (χ1v) is 6.22. The van der Waals surface area contributed by atoms with Crippen molar-refractivity contribution in [2.24, 2.45) is 0 Å². The highest BCUT2D eigenvalue weighted by molar-refractivity contribution is 5.78. The number of likely N-dealkylation sites (N-methyl/N-ethyl adjacent to an activating group) is 1. The zero-order valence-corrected chi connectivity index (χ0v) is 11.1. The molecule has 0 aromatic heterocycles. The maximum Gasteiger partial charge on any atom is 0.236 e. The van der Waals surface area contributed by atoms with Crippen LogP contribution in [0.25, 0.3) is 0 Å². The number of carbonyl (C=O) groups is 1. The summed E-state index contributed by atoms with van der Waals surface area (Å²) >= 11 is 0. The minimum absolute atomic E-state index is 0.124. The predicted molar refractivity (Wildman–Crippen MR) is 65.8 cm³/mol. The fraction of sp³-hybridized carbons (Fsp3) is 0.917. The van der Waals surface area contributed by atoms with Gasteiger partial charge < -0.3 is 14.7 Å². The third kappa shape index (κ3) is 5.48. The summed E-state index contributed by atoms with van der Waals surface area (Å²) in [5, 5.41) is 9.76. The molecule has 0 spiro atoms. The Labute approximate surface area is 103 Å². The Morgan fingerprint density at radius 1 is 1.41 bits per heavy atom. The van der Waals surface area contributed by atoms with Crippen LogP contribution in [0.5, 0.6) is 0 Å². The standard InChI is InChI=1S/C12H24N2O3/c1-4-13(10-12(2,3)16)9-11(15)14-5-7-17-8-6-14/h16H,4-10H2,1-3H3. The summed E-state index contributed by atoms with van der Waals surface area (Å²) < 4.78 is 5.21. The maximum atomic E-state index is 12.0. The van der Waals surface area contributed by atoms with Crippen LogP contribution in [0.3, 0.4) is 0 Å². The minimum atomic E-state index is -0.763. The number of carbonyl (C=O) groups excluding carboxylic acids is 1. The van der Waals surface area contributed by atoms with Crippen molar-refractivity contribution < 1.29 is 14.6 Å². The van der Waals surface area contributed by atoms with E-state index in [0.29, 0.717) is 39.4 Å². The van der Waals surface area contributed by atoms with Gasteiger partial charge in [-0.05, 0) is 20.4 Å². The number of nitrogens with zero attached hydrogens (tertiary/aromatic N) is 2. The van der Waals surface area contributed by atoms with Gasteiger partial charge in [0.15, 0.2) is 0 Å². The Morgan fingerprint density at radius 2 is 2.00 bits per heavy atom. The van der Waals surface area contributed by atoms with Crippen LogP contribution in [-0.2, 0) is 9.53 Å². The van der Waals surface area contributed by atoms with Crippen LogP contribution in [0.4, 0.5) is 0 Å². The molecule has 1 amide bonds. The highest BCUT2D eigenvalue weighted by Gasteiger charge is 2.22. The van der Waals surface area contributed by atoms with Crippen LogP contribution in [0.15, 0.2) is 0 Å². The average Bonchev–Trinajstić information content (AvgIpc) is 2.27. The first-order valence-electron chi connectivity index (χ1n) is 6.22. The van der Waals surface area contributed by atoms with Crippen molar-refractivity contribution in [2.45, 2.75) is 26.4 Å². The zero-order valence-electron chi connectivity index (χ0n) is 11.1. The van der Waals surface area contributed by atoms with Gasteiger partial charge in [0.05, 0.1) is 25.4 Å². The summed E-state index contributed by atoms with van der Waals surface area (Å²) in [5.74, 6) is 0.124. The van der Waals surface area contributed by atoms with Crippen molar-refractivity contribution in [3.63, 3.8) is 0 Å². The molecule has 1 heterocycles. The average molecular weight is 244 g/mol. The summed E-state index contributed by atoms with van der Waals surface area (Å²) in [6.45, 7) is 9.78. The van der Waals surface area contributed by atoms with Gasteiger partial charge in [-0.2, -0.15) is 0 Å². The second-order valence-corrected chi connectivity index (χ2v) is 5.11. The number of rotatable bonds is 5. The third-order valence-electron chi connectivity index (χ3n) is 2.78. The Hall–Kier alpha value is -0.650. The highest BCUT2D eigenvalue weighted by atomic mass is 16.5. The molecular weight excluding hydrogens is 220 g/mol. The largest absolute Gasteiger partial charge is 0.389 e. The van der Waals surface area contributed by atoms with Crippen molar-refractivity contribution in [1.82, 2.24) is 9.80 Å². The molecule has 1 saturated heterocycles. The summed E-state index contributed by atoms with van der Waals surface area (Å²) in [7, 11) is 0. The van der Waals surface area contributed by atoms with Crippen LogP contribution in [0.1, 0.15) is 20.8 Å². The molecule has 17 heavy (non-hydrogen) atoms. The Morgan fingerprint density at radius 3 is 2.47 bits per heavy atom. The van der Waals surface area contributed by atoms with E-state index in [-0.39, 0.29) is 5.91 Å². The summed E-state index contributed by atoms with van der Waals surface area (Å²) in [6, 6.07) is 0. The molecule has 5 heteroatoms. The van der Waals surface area contributed by atoms with Gasteiger partial charge in [0.1, 0.15) is 0 Å². The second-order valence-electron chi connectivity index (χ2n) is 5.11. The monoisotopic (exact) mass is 244 g/mol. The first kappa shape index (κ1) is 14.4. The van der Waals surface area contributed by atoms with E-state index < -0.39 is 5.60 Å². The highest BCUT2D eigenvalue weighted by Crippen LogP contribution is 2.06. The van der Waals surface area contributed by atoms with E-state index in [1.807, 2.05) is 16.7 Å². The van der Waals surface area contributed by atoms with Gasteiger partial charge in [0.25, 0.3) is 0 Å². The molecule has 0 aromatic rings. The van der Waals surface area contributed by atoms with Crippen molar-refractivity contribution in [3.8, 4) is 0 Å². The lowest BCUT2D eigenvalue weighted by atomic mass is 10.1. The van der Waals surface area contributed by atoms with Crippen LogP contribution >= 0.6 is 0 Å². The van der Waals surface area contributed by atoms with Crippen LogP contribution in [-0.4, -0.2) is 72.4 Å². The van der Waals surface area contributed by atoms with Crippen molar-refractivity contribution in [1.29, 1.82) is 0 Å². The molecule has 0 bridgehead atoms. The van der Waals surface area contributed by atoms with Crippen LogP contribution < -0.4 is 0 Å². The van der Waals surface area contributed by atoms with E-state index in [2.05, 4.69) is 0 Å². The molecule has 0 unspecified atom stereocenters. The van der Waals surface area contributed by atoms with E-state index in [1.165, 1.54) is 0 Å². The number of aliphatic hydroxyl groups is 1. The molecule has 1 fully saturated rings. The molecule has 0 saturated carbocycles. The van der Waals surface area contributed by atoms with Gasteiger partial charge in [-0.3, -0.25) is 9.69 Å². The van der Waals surface area contributed by atoms with Gasteiger partial charge in [0.2, 0.25) is 5.91 Å². The lowest BCUT2D eigenvalue weighted by molar-refractivity contribution is -0.137. The molecular formula is C12H24N2O3. The van der Waals surface area contributed by atoms with Crippen LogP contribution in [0.2, 0.25) is 0 Å². The van der Waals surface area contributed by atoms with Gasteiger partial charge in [0, 0.05) is 19.6 Å². The van der Waals surface area contributed by atoms with Crippen molar-refractivity contribution >= 4 is 5.91 Å². The lowest BCUT2D eigenvalue weighted by Gasteiger charge is -2.31. The lowest BCUT2D eigenvalue weighted by Crippen LogP contribution is -2.48. The molecule has 0 atom stereocenters. The minimum Gasteiger partial charge on any atom is -0.389 e. The van der Waals surface area contributed by atoms with Crippen LogP contribution in [0, 0.1) is 0 Å². The van der Waals surface area contributed by atoms with E-state index in [9.17, 15) is 9.90 Å². The molecule has 1 aliphatic heterocycles. The van der Waals surface area contributed by atoms with Gasteiger partial charge in [-0.25, -0.2) is 0 Å². The SMILES string of the molecule is CCN(CC(=O)N1CCOCC1)CC(C)(C)O. The molecule has 0 radical (unpaired) electrons. The Balaban J connectivity index is 2.41. The maximum absolute atomic E-state index is 12.0. The number of amides is 1. The normalized spacial score (nSPS) is 17.6. The molecule has 0 aromatic carbocycles. The first-order chi connectivity index (χ1) is 7.92. The zero-order chi connectivity index (χ0) is 12.9. The van der Waals surface area contributed by atoms with E-state index in [1.54, 1.807) is 13.8 Å². The van der Waals surface area contributed by atoms with Gasteiger partial charge in [-0.1, -0.05) is 6.92 Å². The summed E-state index contributed by atoms with van der Waals surface area (Å²) in [6.07, 6.45) is 0. The summed E-state index contributed by atoms with van der Waals surface area (Å²) in [4.78, 5) is 15.8. The molecule has 5 nitrogen and oxygen atoms in total. The summed E-state index contributed by atoms with van der Waals surface area (Å²) in [5.41, 5.74) is -0.763. The predicted octanol–water partition coefficient (Wildman–Crippen LogP) is -0.0620. The van der Waals surface area contributed by atoms with Gasteiger partial charge in [-0.15, -0.1) is 0 Å². The molecule has 0 aliphatic carbocycles. The number of hydrogen-bond acceptors (Lipinski definition) is 4. The number of hydrogen-bond donors (Lipinski definition) is 1. The topological polar surface area (TPSA) is 53.0 Å². The van der Waals surface area contributed by atoms with Crippen molar-refractivity contribution in [2.75, 3.05) is 45.9 Å².